The molecule has 0 amide bonds. The maximum atomic E-state index is 6.15. The summed E-state index contributed by atoms with van der Waals surface area (Å²) >= 11 is 16.0. The van der Waals surface area contributed by atoms with Crippen molar-refractivity contribution >= 4 is 46.7 Å². The minimum Gasteiger partial charge on any atom is -0.143 e. The van der Waals surface area contributed by atoms with E-state index in [1.807, 2.05) is 41.7 Å². The van der Waals surface area contributed by atoms with E-state index in [-0.39, 0.29) is 0 Å². The number of thioether (sulfide) groups is 2. The predicted molar refractivity (Wildman–Crippen MR) is 68.7 cm³/mol. The zero-order valence-electron chi connectivity index (χ0n) is 7.50. The Hall–Kier alpha value is 0.500. The van der Waals surface area contributed by atoms with Crippen LogP contribution in [0, 0.1) is 0 Å². The third kappa shape index (κ3) is 2.54. The summed E-state index contributed by atoms with van der Waals surface area (Å²) in [5, 5.41) is 1.51. The molecule has 0 aliphatic carbocycles. The van der Waals surface area contributed by atoms with Gasteiger partial charge in [0, 0.05) is 10.0 Å². The van der Waals surface area contributed by atoms with Crippen molar-refractivity contribution in [2.24, 2.45) is 0 Å². The van der Waals surface area contributed by atoms with Gasteiger partial charge in [-0.3, -0.25) is 0 Å². The molecule has 14 heavy (non-hydrogen) atoms. The van der Waals surface area contributed by atoms with Gasteiger partial charge in [-0.25, -0.2) is 0 Å². The second kappa shape index (κ2) is 5.02. The third-order valence-electron chi connectivity index (χ3n) is 2.04. The predicted octanol–water partition coefficient (Wildman–Crippen LogP) is 4.86. The fourth-order valence-electron chi connectivity index (χ4n) is 1.36. The molecule has 1 aromatic carbocycles. The van der Waals surface area contributed by atoms with Gasteiger partial charge in [-0.2, -0.15) is 0 Å². The summed E-state index contributed by atoms with van der Waals surface area (Å²) in [4.78, 5) is 0. The van der Waals surface area contributed by atoms with Crippen molar-refractivity contribution in [3.8, 4) is 0 Å². The molecule has 0 N–H and O–H groups in total. The molecule has 2 rings (SSSR count). The summed E-state index contributed by atoms with van der Waals surface area (Å²) < 4.78 is 0.494. The Morgan fingerprint density at radius 1 is 1.14 bits per heavy atom. The van der Waals surface area contributed by atoms with Gasteiger partial charge in [-0.1, -0.05) is 29.3 Å². The lowest BCUT2D eigenvalue weighted by Crippen LogP contribution is -2.00. The summed E-state index contributed by atoms with van der Waals surface area (Å²) in [7, 11) is 0. The summed E-state index contributed by atoms with van der Waals surface area (Å²) in [6.07, 6.45) is 1.30. The lowest BCUT2D eigenvalue weighted by molar-refractivity contribution is 1.10. The maximum Gasteiger partial charge on any atom is 0.0765 e. The summed E-state index contributed by atoms with van der Waals surface area (Å²) in [5.74, 6) is 2.47. The Morgan fingerprint density at radius 3 is 2.50 bits per heavy atom. The van der Waals surface area contributed by atoms with Crippen LogP contribution in [-0.4, -0.2) is 11.5 Å². The number of halogens is 2. The van der Waals surface area contributed by atoms with Crippen LogP contribution >= 0.6 is 46.7 Å². The van der Waals surface area contributed by atoms with Crippen molar-refractivity contribution in [3.05, 3.63) is 33.8 Å². The molecule has 1 heterocycles. The molecular weight excluding hydrogens is 255 g/mol. The first-order valence-electron chi connectivity index (χ1n) is 4.45. The Kier molecular flexibility index (Phi) is 3.94. The molecule has 0 unspecified atom stereocenters. The van der Waals surface area contributed by atoms with Gasteiger partial charge >= 0.3 is 0 Å². The molecule has 0 bridgehead atoms. The third-order valence-corrected chi connectivity index (χ3v) is 5.58. The van der Waals surface area contributed by atoms with Crippen molar-refractivity contribution in [2.45, 2.75) is 11.0 Å². The van der Waals surface area contributed by atoms with Crippen LogP contribution < -0.4 is 0 Å². The summed E-state index contributed by atoms with van der Waals surface area (Å²) in [5.41, 5.74) is 1.21. The van der Waals surface area contributed by atoms with Crippen LogP contribution in [0.25, 0.3) is 0 Å². The van der Waals surface area contributed by atoms with Gasteiger partial charge in [0.15, 0.2) is 0 Å². The average Bonchev–Trinajstić information content (AvgIpc) is 2.19. The van der Waals surface area contributed by atoms with Crippen molar-refractivity contribution in [1.82, 2.24) is 0 Å². The van der Waals surface area contributed by atoms with E-state index in [0.29, 0.717) is 9.60 Å². The lowest BCUT2D eigenvalue weighted by Gasteiger charge is -2.22. The van der Waals surface area contributed by atoms with Gasteiger partial charge in [-0.15, -0.1) is 23.5 Å². The molecule has 1 aromatic rings. The highest BCUT2D eigenvalue weighted by Gasteiger charge is 2.18. The minimum absolute atomic E-state index is 0.494. The van der Waals surface area contributed by atoms with E-state index >= 15 is 0 Å². The molecule has 0 aromatic heterocycles. The number of hydrogen-bond acceptors (Lipinski definition) is 2. The van der Waals surface area contributed by atoms with Crippen molar-refractivity contribution < 1.29 is 0 Å². The number of hydrogen-bond donors (Lipinski definition) is 0. The molecular formula is C10H10Cl2S2. The van der Waals surface area contributed by atoms with Gasteiger partial charge in [0.05, 0.1) is 4.58 Å². The fraction of sp³-hybridized carbons (Fsp3) is 0.400. The SMILES string of the molecule is Clc1ccc(C2SCCCS2)c(Cl)c1. The second-order valence-corrected chi connectivity index (χ2v) is 6.66. The van der Waals surface area contributed by atoms with Gasteiger partial charge in [0.25, 0.3) is 0 Å². The Bertz CT molecular complexity index is 322. The van der Waals surface area contributed by atoms with E-state index in [1.165, 1.54) is 23.5 Å². The quantitative estimate of drug-likeness (QED) is 0.711. The van der Waals surface area contributed by atoms with E-state index < -0.39 is 0 Å². The topological polar surface area (TPSA) is 0 Å². The maximum absolute atomic E-state index is 6.15. The number of rotatable bonds is 1. The van der Waals surface area contributed by atoms with Crippen LogP contribution in [0.15, 0.2) is 18.2 Å². The standard InChI is InChI=1S/C10H10Cl2S2/c11-7-2-3-8(9(12)6-7)10-13-4-1-5-14-10/h2-3,6,10H,1,4-5H2. The largest absolute Gasteiger partial charge is 0.143 e. The molecule has 76 valence electrons. The van der Waals surface area contributed by atoms with E-state index in [2.05, 4.69) is 0 Å². The van der Waals surface area contributed by atoms with Crippen LogP contribution in [0.2, 0.25) is 10.0 Å². The number of benzene rings is 1. The Labute approximate surface area is 103 Å². The van der Waals surface area contributed by atoms with Crippen molar-refractivity contribution in [1.29, 1.82) is 0 Å². The van der Waals surface area contributed by atoms with Gasteiger partial charge < -0.3 is 0 Å². The van der Waals surface area contributed by atoms with E-state index in [4.69, 9.17) is 23.2 Å². The Morgan fingerprint density at radius 2 is 1.86 bits per heavy atom. The molecule has 0 radical (unpaired) electrons. The first-order valence-corrected chi connectivity index (χ1v) is 7.31. The zero-order valence-corrected chi connectivity index (χ0v) is 10.6. The second-order valence-electron chi connectivity index (χ2n) is 3.09. The lowest BCUT2D eigenvalue weighted by atomic mass is 10.2. The van der Waals surface area contributed by atoms with Crippen LogP contribution in [0.3, 0.4) is 0 Å². The van der Waals surface area contributed by atoms with E-state index in [0.717, 1.165) is 5.02 Å². The normalized spacial score (nSPS) is 18.4. The molecule has 0 saturated carbocycles. The molecule has 0 nitrogen and oxygen atoms in total. The monoisotopic (exact) mass is 264 g/mol. The van der Waals surface area contributed by atoms with Crippen LogP contribution in [0.4, 0.5) is 0 Å². The van der Waals surface area contributed by atoms with Crippen molar-refractivity contribution in [2.75, 3.05) is 11.5 Å². The van der Waals surface area contributed by atoms with Gasteiger partial charge in [0.2, 0.25) is 0 Å². The van der Waals surface area contributed by atoms with Gasteiger partial charge in [0.1, 0.15) is 0 Å². The fourth-order valence-corrected chi connectivity index (χ4v) is 4.97. The van der Waals surface area contributed by atoms with Crippen LogP contribution in [0.5, 0.6) is 0 Å². The zero-order chi connectivity index (χ0) is 9.97. The first-order chi connectivity index (χ1) is 6.77. The highest BCUT2D eigenvalue weighted by atomic mass is 35.5. The van der Waals surface area contributed by atoms with E-state index in [9.17, 15) is 0 Å². The van der Waals surface area contributed by atoms with Crippen molar-refractivity contribution in [3.63, 3.8) is 0 Å². The average molecular weight is 265 g/mol. The summed E-state index contributed by atoms with van der Waals surface area (Å²) in [6.45, 7) is 0. The molecule has 1 fully saturated rings. The Balaban J connectivity index is 2.22. The molecule has 1 saturated heterocycles. The highest BCUT2D eigenvalue weighted by molar-refractivity contribution is 8.16. The highest BCUT2D eigenvalue weighted by Crippen LogP contribution is 2.46. The molecule has 0 spiro atoms. The van der Waals surface area contributed by atoms with E-state index in [1.54, 1.807) is 0 Å². The molecule has 1 aliphatic heterocycles. The molecule has 1 aliphatic rings. The first kappa shape index (κ1) is 11.0. The molecule has 0 atom stereocenters. The minimum atomic E-state index is 0.494. The summed E-state index contributed by atoms with van der Waals surface area (Å²) in [6, 6.07) is 5.79. The molecule has 4 heteroatoms. The smallest absolute Gasteiger partial charge is 0.0765 e. The van der Waals surface area contributed by atoms with Crippen LogP contribution in [0.1, 0.15) is 16.6 Å². The van der Waals surface area contributed by atoms with Gasteiger partial charge in [-0.05, 0) is 35.6 Å². The van der Waals surface area contributed by atoms with Crippen LogP contribution in [-0.2, 0) is 0 Å².